The number of carbonyl (C=O) groups is 2. The molecule has 0 saturated heterocycles. The molecule has 1 heterocycles. The lowest BCUT2D eigenvalue weighted by atomic mass is 10.2. The molecule has 0 unspecified atom stereocenters. The number of rotatable bonds is 9. The van der Waals surface area contributed by atoms with Crippen LogP contribution in [0.5, 0.6) is 0 Å². The highest BCUT2D eigenvalue weighted by Gasteiger charge is 2.21. The molecule has 0 spiro atoms. The Morgan fingerprint density at radius 2 is 1.88 bits per heavy atom. The molecule has 0 aliphatic carbocycles. The fraction of sp³-hybridized carbons (Fsp3) is 0.440. The molecule has 0 atom stereocenters. The fourth-order valence-corrected chi connectivity index (χ4v) is 3.78. The Hall–Kier alpha value is -2.84. The number of hydrogen-bond donors (Lipinski definition) is 1. The van der Waals surface area contributed by atoms with Crippen molar-refractivity contribution in [3.8, 4) is 0 Å². The molecule has 8 heteroatoms. The highest BCUT2D eigenvalue weighted by atomic mass is 28.3. The maximum absolute atomic E-state index is 12.9. The van der Waals surface area contributed by atoms with E-state index in [9.17, 15) is 9.59 Å². The van der Waals surface area contributed by atoms with E-state index in [1.54, 1.807) is 19.1 Å². The molecule has 1 aromatic carbocycles. The summed E-state index contributed by atoms with van der Waals surface area (Å²) in [4.78, 5) is 25.9. The monoisotopic (exact) mass is 471 g/mol. The number of nitrogens with zero attached hydrogens (tertiary/aromatic N) is 2. The van der Waals surface area contributed by atoms with Crippen LogP contribution in [0.25, 0.3) is 17.0 Å². The Morgan fingerprint density at radius 3 is 2.48 bits per heavy atom. The van der Waals surface area contributed by atoms with Crippen LogP contribution < -0.4 is 5.73 Å². The molecule has 0 bridgehead atoms. The topological polar surface area (TPSA) is 86.8 Å². The molecule has 0 fully saturated rings. The number of ether oxygens (including phenoxy) is 2. The van der Waals surface area contributed by atoms with Crippen molar-refractivity contribution in [1.29, 1.82) is 0 Å². The second-order valence-corrected chi connectivity index (χ2v) is 15.9. The van der Waals surface area contributed by atoms with Crippen LogP contribution in [0.15, 0.2) is 47.8 Å². The molecule has 33 heavy (non-hydrogen) atoms. The third-order valence-electron chi connectivity index (χ3n) is 4.95. The average Bonchev–Trinajstić information content (AvgIpc) is 3.08. The highest BCUT2D eigenvalue weighted by Crippen LogP contribution is 2.23. The average molecular weight is 472 g/mol. The maximum Gasteiger partial charge on any atom is 0.419 e. The molecule has 0 aliphatic heterocycles. The summed E-state index contributed by atoms with van der Waals surface area (Å²) in [7, 11) is -1.20. The largest absolute Gasteiger partial charge is 0.443 e. The molecule has 0 saturated carbocycles. The number of benzene rings is 1. The van der Waals surface area contributed by atoms with Crippen LogP contribution in [0.2, 0.25) is 25.7 Å². The summed E-state index contributed by atoms with van der Waals surface area (Å²) in [5, 5.41) is 0.910. The van der Waals surface area contributed by atoms with Crippen molar-refractivity contribution < 1.29 is 19.1 Å². The van der Waals surface area contributed by atoms with E-state index in [-0.39, 0.29) is 6.73 Å². The summed E-state index contributed by atoms with van der Waals surface area (Å²) >= 11 is 0. The maximum atomic E-state index is 12.9. The van der Waals surface area contributed by atoms with Crippen LogP contribution in [-0.4, -0.2) is 49.0 Å². The molecule has 2 aromatic rings. The van der Waals surface area contributed by atoms with Gasteiger partial charge in [-0.05, 0) is 58.0 Å². The molecular weight excluding hydrogens is 434 g/mol. The third kappa shape index (κ3) is 7.90. The van der Waals surface area contributed by atoms with E-state index in [0.717, 1.165) is 16.9 Å². The zero-order valence-corrected chi connectivity index (χ0v) is 21.8. The molecule has 7 nitrogen and oxygen atoms in total. The van der Waals surface area contributed by atoms with Gasteiger partial charge in [-0.3, -0.25) is 9.69 Å². The molecule has 180 valence electrons. The zero-order chi connectivity index (χ0) is 24.8. The van der Waals surface area contributed by atoms with Crippen LogP contribution in [0.3, 0.4) is 0 Å². The molecule has 1 aromatic heterocycles. The van der Waals surface area contributed by atoms with Gasteiger partial charge in [0.2, 0.25) is 6.41 Å². The van der Waals surface area contributed by atoms with E-state index in [1.807, 2.05) is 51.1 Å². The van der Waals surface area contributed by atoms with Gasteiger partial charge in [-0.1, -0.05) is 37.8 Å². The van der Waals surface area contributed by atoms with E-state index in [4.69, 9.17) is 15.2 Å². The lowest BCUT2D eigenvalue weighted by molar-refractivity contribution is -0.120. The van der Waals surface area contributed by atoms with Crippen molar-refractivity contribution in [2.45, 2.75) is 59.0 Å². The van der Waals surface area contributed by atoms with Gasteiger partial charge in [0.15, 0.2) is 0 Å². The standard InChI is InChI=1S/C25H37N3O4Si/c1-19(27(17-29)18-31-14-15-33(5,6)7)22(26)13-12-21-16-20-10-8-9-11-23(20)28(21)24(30)32-25(2,3)4/h8-13,16-17H,14-15,18,26H2,1-7H3/b13-12+,22-19+. The molecule has 1 amide bonds. The first-order chi connectivity index (χ1) is 15.3. The number of amides is 1. The van der Waals surface area contributed by atoms with E-state index in [0.29, 0.717) is 30.1 Å². The number of hydrogen-bond acceptors (Lipinski definition) is 5. The lowest BCUT2D eigenvalue weighted by Gasteiger charge is -2.21. The van der Waals surface area contributed by atoms with Gasteiger partial charge in [0.1, 0.15) is 12.3 Å². The van der Waals surface area contributed by atoms with Crippen molar-refractivity contribution in [3.63, 3.8) is 0 Å². The van der Waals surface area contributed by atoms with Crippen molar-refractivity contribution in [3.05, 3.63) is 53.5 Å². The van der Waals surface area contributed by atoms with E-state index in [1.165, 1.54) is 9.47 Å². The van der Waals surface area contributed by atoms with Crippen LogP contribution in [-0.2, 0) is 14.3 Å². The third-order valence-corrected chi connectivity index (χ3v) is 6.66. The number of allylic oxidation sites excluding steroid dienone is 2. The normalized spacial score (nSPS) is 13.3. The Labute approximate surface area is 197 Å². The summed E-state index contributed by atoms with van der Waals surface area (Å²) in [5.41, 5.74) is 7.98. The van der Waals surface area contributed by atoms with Gasteiger partial charge >= 0.3 is 6.09 Å². The molecular formula is C25H37N3O4Si. The SMILES string of the molecule is C/C(=C(N)/C=C/c1cc2ccccc2n1C(=O)OC(C)(C)C)N(C=O)COCC[Si](C)(C)C. The predicted octanol–water partition coefficient (Wildman–Crippen LogP) is 5.40. The van der Waals surface area contributed by atoms with Gasteiger partial charge in [-0.25, -0.2) is 9.36 Å². The predicted molar refractivity (Wildman–Crippen MR) is 136 cm³/mol. The fourth-order valence-electron chi connectivity index (χ4n) is 3.02. The van der Waals surface area contributed by atoms with Gasteiger partial charge in [0.05, 0.1) is 16.9 Å². The summed E-state index contributed by atoms with van der Waals surface area (Å²) < 4.78 is 12.8. The van der Waals surface area contributed by atoms with Crippen LogP contribution >= 0.6 is 0 Å². The minimum Gasteiger partial charge on any atom is -0.443 e. The Balaban J connectivity index is 2.26. The van der Waals surface area contributed by atoms with E-state index in [2.05, 4.69) is 19.6 Å². The number of para-hydroxylation sites is 1. The first kappa shape index (κ1) is 26.4. The second-order valence-electron chi connectivity index (χ2n) is 10.2. The quantitative estimate of drug-likeness (QED) is 0.174. The van der Waals surface area contributed by atoms with Crippen LogP contribution in [0.1, 0.15) is 33.4 Å². The number of carbonyl (C=O) groups excluding carboxylic acids is 2. The molecule has 2 rings (SSSR count). The van der Waals surface area contributed by atoms with Crippen LogP contribution in [0.4, 0.5) is 4.79 Å². The zero-order valence-electron chi connectivity index (χ0n) is 20.8. The summed E-state index contributed by atoms with van der Waals surface area (Å²) in [6.45, 7) is 14.8. The molecule has 0 aliphatic rings. The number of aromatic nitrogens is 1. The van der Waals surface area contributed by atoms with Crippen molar-refractivity contribution in [1.82, 2.24) is 9.47 Å². The lowest BCUT2D eigenvalue weighted by Crippen LogP contribution is -2.28. The number of nitrogens with two attached hydrogens (primary N) is 1. The first-order valence-corrected chi connectivity index (χ1v) is 14.8. The van der Waals surface area contributed by atoms with Gasteiger partial charge in [0.25, 0.3) is 0 Å². The minimum absolute atomic E-state index is 0.145. The summed E-state index contributed by atoms with van der Waals surface area (Å²) in [6, 6.07) is 10.5. The molecule has 2 N–H and O–H groups in total. The number of fused-ring (bicyclic) bond motifs is 1. The van der Waals surface area contributed by atoms with Gasteiger partial charge in [-0.2, -0.15) is 0 Å². The van der Waals surface area contributed by atoms with Crippen LogP contribution in [0, 0.1) is 0 Å². The van der Waals surface area contributed by atoms with Crippen molar-refractivity contribution in [2.75, 3.05) is 13.3 Å². The first-order valence-electron chi connectivity index (χ1n) is 11.1. The Kier molecular flexibility index (Phi) is 8.68. The van der Waals surface area contributed by atoms with E-state index >= 15 is 0 Å². The van der Waals surface area contributed by atoms with Crippen molar-refractivity contribution >= 4 is 37.6 Å². The Bertz CT molecular complexity index is 1040. The highest BCUT2D eigenvalue weighted by molar-refractivity contribution is 6.76. The van der Waals surface area contributed by atoms with Gasteiger partial charge < -0.3 is 15.2 Å². The van der Waals surface area contributed by atoms with Crippen molar-refractivity contribution in [2.24, 2.45) is 5.73 Å². The summed E-state index contributed by atoms with van der Waals surface area (Å²) in [5.74, 6) is 0. The van der Waals surface area contributed by atoms with Gasteiger partial charge in [0, 0.05) is 25.8 Å². The van der Waals surface area contributed by atoms with Gasteiger partial charge in [-0.15, -0.1) is 0 Å². The smallest absolute Gasteiger partial charge is 0.419 e. The van der Waals surface area contributed by atoms with E-state index < -0.39 is 19.8 Å². The second kappa shape index (κ2) is 10.9. The summed E-state index contributed by atoms with van der Waals surface area (Å²) in [6.07, 6.45) is 3.68. The molecule has 0 radical (unpaired) electrons. The Morgan fingerprint density at radius 1 is 1.21 bits per heavy atom. The minimum atomic E-state index is -1.20.